The smallest absolute Gasteiger partial charge is 0.134 e. The van der Waals surface area contributed by atoms with Gasteiger partial charge in [0, 0.05) is 38.8 Å². The SMILES string of the molecule is OC[C@H]1CCCN1c1cc(NCCN2CCOCC2)ncn1. The Morgan fingerprint density at radius 1 is 1.27 bits per heavy atom. The fraction of sp³-hybridized carbons (Fsp3) is 0.733. The molecule has 3 rings (SSSR count). The van der Waals surface area contributed by atoms with Gasteiger partial charge >= 0.3 is 0 Å². The highest BCUT2D eigenvalue weighted by Crippen LogP contribution is 2.24. The Hall–Kier alpha value is -1.44. The number of anilines is 2. The van der Waals surface area contributed by atoms with E-state index >= 15 is 0 Å². The molecule has 1 atom stereocenters. The van der Waals surface area contributed by atoms with Crippen LogP contribution in [-0.4, -0.2) is 78.6 Å². The maximum absolute atomic E-state index is 9.44. The molecule has 0 radical (unpaired) electrons. The second-order valence-corrected chi connectivity index (χ2v) is 5.81. The molecule has 3 heterocycles. The normalized spacial score (nSPS) is 23.0. The quantitative estimate of drug-likeness (QED) is 0.777. The molecule has 7 heteroatoms. The second kappa shape index (κ2) is 7.71. The summed E-state index contributed by atoms with van der Waals surface area (Å²) in [4.78, 5) is 13.2. The number of morpholine rings is 1. The highest BCUT2D eigenvalue weighted by atomic mass is 16.5. The topological polar surface area (TPSA) is 73.8 Å². The molecule has 2 N–H and O–H groups in total. The van der Waals surface area contributed by atoms with Gasteiger partial charge in [0.25, 0.3) is 0 Å². The zero-order valence-corrected chi connectivity index (χ0v) is 12.9. The lowest BCUT2D eigenvalue weighted by atomic mass is 10.2. The molecule has 2 saturated heterocycles. The number of ether oxygens (including phenoxy) is 1. The van der Waals surface area contributed by atoms with Gasteiger partial charge < -0.3 is 20.1 Å². The van der Waals surface area contributed by atoms with E-state index in [1.807, 2.05) is 6.07 Å². The van der Waals surface area contributed by atoms with Crippen molar-refractivity contribution in [2.24, 2.45) is 0 Å². The third-order valence-electron chi connectivity index (χ3n) is 4.37. The fourth-order valence-electron chi connectivity index (χ4n) is 3.09. The van der Waals surface area contributed by atoms with Crippen LogP contribution in [0.5, 0.6) is 0 Å². The molecule has 0 unspecified atom stereocenters. The molecular formula is C15H25N5O2. The molecule has 0 spiro atoms. The van der Waals surface area contributed by atoms with Crippen LogP contribution in [0.25, 0.3) is 0 Å². The van der Waals surface area contributed by atoms with Gasteiger partial charge in [0.05, 0.1) is 25.9 Å². The Kier molecular flexibility index (Phi) is 5.42. The monoisotopic (exact) mass is 307 g/mol. The number of hydrogen-bond donors (Lipinski definition) is 2. The first-order valence-electron chi connectivity index (χ1n) is 8.10. The molecule has 1 aromatic rings. The average molecular weight is 307 g/mol. The summed E-state index contributed by atoms with van der Waals surface area (Å²) in [6.07, 6.45) is 3.73. The maximum Gasteiger partial charge on any atom is 0.134 e. The van der Waals surface area contributed by atoms with Gasteiger partial charge in [-0.3, -0.25) is 4.90 Å². The molecule has 7 nitrogen and oxygen atoms in total. The molecule has 0 aromatic carbocycles. The van der Waals surface area contributed by atoms with Crippen molar-refractivity contribution < 1.29 is 9.84 Å². The summed E-state index contributed by atoms with van der Waals surface area (Å²) in [5, 5.41) is 12.8. The third kappa shape index (κ3) is 3.85. The van der Waals surface area contributed by atoms with Crippen LogP contribution in [0.1, 0.15) is 12.8 Å². The van der Waals surface area contributed by atoms with Gasteiger partial charge in [-0.05, 0) is 12.8 Å². The molecule has 1 aromatic heterocycles. The second-order valence-electron chi connectivity index (χ2n) is 5.81. The lowest BCUT2D eigenvalue weighted by Crippen LogP contribution is -2.39. The number of aromatic nitrogens is 2. The Morgan fingerprint density at radius 3 is 2.95 bits per heavy atom. The van der Waals surface area contributed by atoms with E-state index in [-0.39, 0.29) is 12.6 Å². The van der Waals surface area contributed by atoms with Crippen LogP contribution in [0.2, 0.25) is 0 Å². The van der Waals surface area contributed by atoms with Crippen LogP contribution in [-0.2, 0) is 4.74 Å². The highest BCUT2D eigenvalue weighted by molar-refractivity contribution is 5.49. The van der Waals surface area contributed by atoms with E-state index in [2.05, 4.69) is 25.1 Å². The molecule has 2 aliphatic heterocycles. The van der Waals surface area contributed by atoms with Gasteiger partial charge in [-0.15, -0.1) is 0 Å². The van der Waals surface area contributed by atoms with E-state index in [1.165, 1.54) is 0 Å². The Bertz CT molecular complexity index is 467. The predicted octanol–water partition coefficient (Wildman–Crippen LogP) is 0.182. The van der Waals surface area contributed by atoms with Crippen LogP contribution in [0.4, 0.5) is 11.6 Å². The van der Waals surface area contributed by atoms with Crippen molar-refractivity contribution in [3.05, 3.63) is 12.4 Å². The van der Waals surface area contributed by atoms with E-state index in [9.17, 15) is 5.11 Å². The van der Waals surface area contributed by atoms with Crippen LogP contribution in [0.3, 0.4) is 0 Å². The molecule has 0 aliphatic carbocycles. The summed E-state index contributed by atoms with van der Waals surface area (Å²) >= 11 is 0. The Labute approximate surface area is 131 Å². The van der Waals surface area contributed by atoms with Crippen molar-refractivity contribution >= 4 is 11.6 Å². The molecule has 22 heavy (non-hydrogen) atoms. The van der Waals surface area contributed by atoms with E-state index in [0.717, 1.165) is 70.4 Å². The van der Waals surface area contributed by atoms with Crippen molar-refractivity contribution in [1.82, 2.24) is 14.9 Å². The van der Waals surface area contributed by atoms with Gasteiger partial charge in [0.15, 0.2) is 0 Å². The molecule has 0 saturated carbocycles. The maximum atomic E-state index is 9.44. The number of nitrogens with zero attached hydrogens (tertiary/aromatic N) is 4. The van der Waals surface area contributed by atoms with E-state index < -0.39 is 0 Å². The molecular weight excluding hydrogens is 282 g/mol. The van der Waals surface area contributed by atoms with Gasteiger partial charge in [-0.1, -0.05) is 0 Å². The minimum atomic E-state index is 0.184. The minimum Gasteiger partial charge on any atom is -0.394 e. The Balaban J connectivity index is 1.52. The lowest BCUT2D eigenvalue weighted by molar-refractivity contribution is 0.0398. The van der Waals surface area contributed by atoms with Gasteiger partial charge in [-0.25, -0.2) is 9.97 Å². The van der Waals surface area contributed by atoms with Crippen molar-refractivity contribution in [1.29, 1.82) is 0 Å². The number of aliphatic hydroxyl groups is 1. The van der Waals surface area contributed by atoms with Crippen LogP contribution < -0.4 is 10.2 Å². The largest absolute Gasteiger partial charge is 0.394 e. The fourth-order valence-corrected chi connectivity index (χ4v) is 3.09. The molecule has 0 amide bonds. The summed E-state index contributed by atoms with van der Waals surface area (Å²) in [5.41, 5.74) is 0. The average Bonchev–Trinajstić information content (AvgIpc) is 3.05. The molecule has 2 aliphatic rings. The first-order chi connectivity index (χ1) is 10.9. The van der Waals surface area contributed by atoms with Crippen LogP contribution in [0.15, 0.2) is 12.4 Å². The molecule has 2 fully saturated rings. The molecule has 0 bridgehead atoms. The van der Waals surface area contributed by atoms with E-state index in [4.69, 9.17) is 4.74 Å². The Morgan fingerprint density at radius 2 is 2.14 bits per heavy atom. The summed E-state index contributed by atoms with van der Waals surface area (Å²) in [7, 11) is 0. The summed E-state index contributed by atoms with van der Waals surface area (Å²) in [6.45, 7) is 6.65. The number of rotatable bonds is 6. The van der Waals surface area contributed by atoms with Gasteiger partial charge in [0.2, 0.25) is 0 Å². The van der Waals surface area contributed by atoms with E-state index in [1.54, 1.807) is 6.33 Å². The number of aliphatic hydroxyl groups excluding tert-OH is 1. The zero-order valence-electron chi connectivity index (χ0n) is 12.9. The van der Waals surface area contributed by atoms with Crippen LogP contribution >= 0.6 is 0 Å². The number of nitrogens with one attached hydrogen (secondary N) is 1. The number of hydrogen-bond acceptors (Lipinski definition) is 7. The standard InChI is InChI=1S/C15H25N5O2/c21-11-13-2-1-4-20(13)15-10-14(17-12-18-15)16-3-5-19-6-8-22-9-7-19/h10,12-13,21H,1-9,11H2,(H,16,17,18)/t13-/m1/s1. The molecule has 122 valence electrons. The van der Waals surface area contributed by atoms with Crippen molar-refractivity contribution in [2.75, 3.05) is 62.8 Å². The highest BCUT2D eigenvalue weighted by Gasteiger charge is 2.25. The van der Waals surface area contributed by atoms with Crippen molar-refractivity contribution in [2.45, 2.75) is 18.9 Å². The summed E-state index contributed by atoms with van der Waals surface area (Å²) < 4.78 is 5.35. The van der Waals surface area contributed by atoms with Crippen molar-refractivity contribution in [3.63, 3.8) is 0 Å². The third-order valence-corrected chi connectivity index (χ3v) is 4.37. The van der Waals surface area contributed by atoms with Gasteiger partial charge in [-0.2, -0.15) is 0 Å². The predicted molar refractivity (Wildman–Crippen MR) is 85.2 cm³/mol. The zero-order chi connectivity index (χ0) is 15.2. The first kappa shape index (κ1) is 15.5. The van der Waals surface area contributed by atoms with Crippen LogP contribution in [0, 0.1) is 0 Å². The summed E-state index contributed by atoms with van der Waals surface area (Å²) in [6, 6.07) is 2.17. The van der Waals surface area contributed by atoms with Crippen molar-refractivity contribution in [3.8, 4) is 0 Å². The van der Waals surface area contributed by atoms with Gasteiger partial charge in [0.1, 0.15) is 18.0 Å². The lowest BCUT2D eigenvalue weighted by Gasteiger charge is -2.26. The van der Waals surface area contributed by atoms with E-state index in [0.29, 0.717) is 0 Å². The summed E-state index contributed by atoms with van der Waals surface area (Å²) in [5.74, 6) is 1.75. The first-order valence-corrected chi connectivity index (χ1v) is 8.10. The minimum absolute atomic E-state index is 0.184.